The molecule has 0 aliphatic carbocycles. The fourth-order valence-corrected chi connectivity index (χ4v) is 1.99. The van der Waals surface area contributed by atoms with Crippen molar-refractivity contribution in [3.05, 3.63) is 48.5 Å². The molecule has 3 heteroatoms. The highest BCUT2D eigenvalue weighted by molar-refractivity contribution is 5.64. The molecule has 0 spiro atoms. The summed E-state index contributed by atoms with van der Waals surface area (Å²) in [6.07, 6.45) is 2.20. The topological polar surface area (TPSA) is 43.7 Å². The van der Waals surface area contributed by atoms with Gasteiger partial charge in [-0.25, -0.2) is 0 Å². The van der Waals surface area contributed by atoms with Crippen LogP contribution in [-0.2, 0) is 0 Å². The van der Waals surface area contributed by atoms with Gasteiger partial charge in [-0.05, 0) is 55.0 Å². The first-order valence-electron chi connectivity index (χ1n) is 6.56. The Morgan fingerprint density at radius 1 is 0.789 bits per heavy atom. The summed E-state index contributed by atoms with van der Waals surface area (Å²) < 4.78 is 0. The van der Waals surface area contributed by atoms with Gasteiger partial charge >= 0.3 is 0 Å². The van der Waals surface area contributed by atoms with Gasteiger partial charge in [-0.1, -0.05) is 13.3 Å². The van der Waals surface area contributed by atoms with Crippen LogP contribution in [0.25, 0.3) is 0 Å². The van der Waals surface area contributed by atoms with Gasteiger partial charge in [0.15, 0.2) is 0 Å². The maximum Gasteiger partial charge on any atom is 0.115 e. The lowest BCUT2D eigenvalue weighted by molar-refractivity contribution is 0.475. The zero-order chi connectivity index (χ0) is 13.7. The Morgan fingerprint density at radius 2 is 1.21 bits per heavy atom. The minimum Gasteiger partial charge on any atom is -0.508 e. The Morgan fingerprint density at radius 3 is 1.58 bits per heavy atom. The predicted octanol–water partition coefficient (Wildman–Crippen LogP) is 4.04. The fraction of sp³-hybridized carbons (Fsp3) is 0.250. The monoisotopic (exact) mass is 257 g/mol. The van der Waals surface area contributed by atoms with Gasteiger partial charge in [-0.15, -0.1) is 0 Å². The van der Waals surface area contributed by atoms with Gasteiger partial charge < -0.3 is 15.1 Å². The van der Waals surface area contributed by atoms with E-state index < -0.39 is 0 Å². The Labute approximate surface area is 113 Å². The highest BCUT2D eigenvalue weighted by Crippen LogP contribution is 2.28. The SMILES string of the molecule is CCCCN(c1ccc(O)cc1)c1ccc(O)cc1. The smallest absolute Gasteiger partial charge is 0.115 e. The highest BCUT2D eigenvalue weighted by Gasteiger charge is 2.08. The van der Waals surface area contributed by atoms with E-state index in [2.05, 4.69) is 11.8 Å². The lowest BCUT2D eigenvalue weighted by Crippen LogP contribution is -2.18. The molecule has 0 aliphatic rings. The third-order valence-electron chi connectivity index (χ3n) is 3.06. The van der Waals surface area contributed by atoms with Gasteiger partial charge in [0.25, 0.3) is 0 Å². The molecule has 2 aromatic rings. The summed E-state index contributed by atoms with van der Waals surface area (Å²) >= 11 is 0. The number of nitrogens with zero attached hydrogens (tertiary/aromatic N) is 1. The van der Waals surface area contributed by atoms with Crippen LogP contribution in [0.3, 0.4) is 0 Å². The Kier molecular flexibility index (Phi) is 4.29. The summed E-state index contributed by atoms with van der Waals surface area (Å²) in [5, 5.41) is 18.7. The molecule has 0 aromatic heterocycles. The normalized spacial score (nSPS) is 10.4. The first kappa shape index (κ1) is 13.3. The van der Waals surface area contributed by atoms with Crippen molar-refractivity contribution in [1.82, 2.24) is 0 Å². The van der Waals surface area contributed by atoms with Crippen molar-refractivity contribution in [2.45, 2.75) is 19.8 Å². The molecule has 19 heavy (non-hydrogen) atoms. The maximum absolute atomic E-state index is 9.37. The molecule has 2 aromatic carbocycles. The Balaban J connectivity index is 2.29. The van der Waals surface area contributed by atoms with E-state index in [0.29, 0.717) is 0 Å². The summed E-state index contributed by atoms with van der Waals surface area (Å²) in [5.74, 6) is 0.537. The fourth-order valence-electron chi connectivity index (χ4n) is 1.99. The molecule has 100 valence electrons. The number of phenolic OH excluding ortho intramolecular Hbond substituents is 2. The Hall–Kier alpha value is -2.16. The second kappa shape index (κ2) is 6.14. The average molecular weight is 257 g/mol. The second-order valence-electron chi connectivity index (χ2n) is 4.54. The molecule has 3 nitrogen and oxygen atoms in total. The quantitative estimate of drug-likeness (QED) is 0.849. The van der Waals surface area contributed by atoms with Gasteiger partial charge in [0.1, 0.15) is 11.5 Å². The van der Waals surface area contributed by atoms with Gasteiger partial charge in [0.2, 0.25) is 0 Å². The third kappa shape index (κ3) is 3.41. The molecule has 0 saturated carbocycles. The van der Waals surface area contributed by atoms with Crippen LogP contribution < -0.4 is 4.90 Å². The van der Waals surface area contributed by atoms with E-state index in [1.165, 1.54) is 0 Å². The first-order chi connectivity index (χ1) is 9.20. The average Bonchev–Trinajstić information content (AvgIpc) is 2.43. The lowest BCUT2D eigenvalue weighted by atomic mass is 10.2. The van der Waals surface area contributed by atoms with E-state index in [4.69, 9.17) is 0 Å². The van der Waals surface area contributed by atoms with Crippen molar-refractivity contribution in [1.29, 1.82) is 0 Å². The molecule has 0 bridgehead atoms. The zero-order valence-electron chi connectivity index (χ0n) is 11.1. The molecular formula is C16H19NO2. The predicted molar refractivity (Wildman–Crippen MR) is 78.1 cm³/mol. The molecule has 2 rings (SSSR count). The lowest BCUT2D eigenvalue weighted by Gasteiger charge is -2.25. The van der Waals surface area contributed by atoms with E-state index >= 15 is 0 Å². The molecule has 0 aliphatic heterocycles. The summed E-state index contributed by atoms with van der Waals surface area (Å²) in [5.41, 5.74) is 2.08. The van der Waals surface area contributed by atoms with Gasteiger partial charge in [0.05, 0.1) is 0 Å². The molecule has 0 saturated heterocycles. The molecule has 0 unspecified atom stereocenters. The van der Waals surface area contributed by atoms with Crippen LogP contribution in [-0.4, -0.2) is 16.8 Å². The van der Waals surface area contributed by atoms with Crippen molar-refractivity contribution in [2.75, 3.05) is 11.4 Å². The van der Waals surface area contributed by atoms with E-state index in [-0.39, 0.29) is 11.5 Å². The second-order valence-corrected chi connectivity index (χ2v) is 4.54. The van der Waals surface area contributed by atoms with Crippen LogP contribution in [0.5, 0.6) is 11.5 Å². The minimum atomic E-state index is 0.268. The molecule has 2 N–H and O–H groups in total. The van der Waals surface area contributed by atoms with Crippen LogP contribution in [0.2, 0.25) is 0 Å². The molecule has 0 heterocycles. The van der Waals surface area contributed by atoms with Crippen molar-refractivity contribution in [2.24, 2.45) is 0 Å². The van der Waals surface area contributed by atoms with Crippen molar-refractivity contribution in [3.63, 3.8) is 0 Å². The van der Waals surface area contributed by atoms with Gasteiger partial charge in [-0.2, -0.15) is 0 Å². The van der Waals surface area contributed by atoms with Crippen LogP contribution in [0.4, 0.5) is 11.4 Å². The number of unbranched alkanes of at least 4 members (excludes halogenated alkanes) is 1. The van der Waals surface area contributed by atoms with Crippen LogP contribution in [0.15, 0.2) is 48.5 Å². The van der Waals surface area contributed by atoms with E-state index in [0.717, 1.165) is 30.8 Å². The van der Waals surface area contributed by atoms with Crippen LogP contribution in [0.1, 0.15) is 19.8 Å². The number of anilines is 2. The number of phenols is 2. The summed E-state index contributed by atoms with van der Waals surface area (Å²) in [6, 6.07) is 14.4. The van der Waals surface area contributed by atoms with Crippen molar-refractivity contribution < 1.29 is 10.2 Å². The van der Waals surface area contributed by atoms with Crippen molar-refractivity contribution in [3.8, 4) is 11.5 Å². The molecule has 0 radical (unpaired) electrons. The molecular weight excluding hydrogens is 238 g/mol. The summed E-state index contributed by atoms with van der Waals surface area (Å²) in [6.45, 7) is 3.07. The molecule has 0 amide bonds. The summed E-state index contributed by atoms with van der Waals surface area (Å²) in [7, 11) is 0. The third-order valence-corrected chi connectivity index (χ3v) is 3.06. The van der Waals surface area contributed by atoms with Crippen LogP contribution in [0, 0.1) is 0 Å². The van der Waals surface area contributed by atoms with E-state index in [1.807, 2.05) is 24.3 Å². The maximum atomic E-state index is 9.37. The molecule has 0 fully saturated rings. The standard InChI is InChI=1S/C16H19NO2/c1-2-3-12-17(13-4-8-15(18)9-5-13)14-6-10-16(19)11-7-14/h4-11,18-19H,2-3,12H2,1H3. The minimum absolute atomic E-state index is 0.268. The van der Waals surface area contributed by atoms with Crippen molar-refractivity contribution >= 4 is 11.4 Å². The number of rotatable bonds is 5. The van der Waals surface area contributed by atoms with Gasteiger partial charge in [0, 0.05) is 17.9 Å². The largest absolute Gasteiger partial charge is 0.508 e. The van der Waals surface area contributed by atoms with Gasteiger partial charge in [-0.3, -0.25) is 0 Å². The summed E-state index contributed by atoms with van der Waals surface area (Å²) in [4.78, 5) is 2.18. The Bertz CT molecular complexity index is 460. The zero-order valence-corrected chi connectivity index (χ0v) is 11.1. The number of hydrogen-bond acceptors (Lipinski definition) is 3. The van der Waals surface area contributed by atoms with E-state index in [9.17, 15) is 10.2 Å². The highest BCUT2D eigenvalue weighted by atomic mass is 16.3. The first-order valence-corrected chi connectivity index (χ1v) is 6.56. The van der Waals surface area contributed by atoms with Crippen LogP contribution >= 0.6 is 0 Å². The number of benzene rings is 2. The molecule has 0 atom stereocenters. The number of hydrogen-bond donors (Lipinski definition) is 2. The number of aromatic hydroxyl groups is 2. The van der Waals surface area contributed by atoms with E-state index in [1.54, 1.807) is 24.3 Å².